The van der Waals surface area contributed by atoms with Crippen LogP contribution in [0.25, 0.3) is 0 Å². The summed E-state index contributed by atoms with van der Waals surface area (Å²) in [7, 11) is 1.33. The standard InChI is InChI=1S/C40H45NO8/c1-29(42)41-37-34(46-25-31-17-9-4-10-18-31)23-35(40(43)44-2)49-39(37)38(48-27-33-21-13-6-14-22-33)36(47-26-32-19-11-5-12-20-32)28-45-24-30-15-7-3-8-16-30/h3-22,34-39H,23-28H2,1-2H3,(H,41,42)/t34-,35-,36+,37+,38+,39+/m0/s1. The van der Waals surface area contributed by atoms with Gasteiger partial charge in [-0.3, -0.25) is 4.79 Å². The van der Waals surface area contributed by atoms with Gasteiger partial charge in [-0.1, -0.05) is 121 Å². The van der Waals surface area contributed by atoms with Crippen molar-refractivity contribution >= 4 is 11.9 Å². The number of carbonyl (C=O) groups is 2. The summed E-state index contributed by atoms with van der Waals surface area (Å²) in [6, 6.07) is 38.5. The minimum Gasteiger partial charge on any atom is -0.467 e. The molecule has 0 spiro atoms. The highest BCUT2D eigenvalue weighted by atomic mass is 16.6. The number of rotatable bonds is 17. The largest absolute Gasteiger partial charge is 0.467 e. The van der Waals surface area contributed by atoms with Crippen molar-refractivity contribution in [3.63, 3.8) is 0 Å². The summed E-state index contributed by atoms with van der Waals surface area (Å²) >= 11 is 0. The number of esters is 1. The third kappa shape index (κ3) is 11.1. The van der Waals surface area contributed by atoms with Gasteiger partial charge in [-0.2, -0.15) is 0 Å². The van der Waals surface area contributed by atoms with Gasteiger partial charge in [0, 0.05) is 13.3 Å². The first-order valence-corrected chi connectivity index (χ1v) is 16.6. The van der Waals surface area contributed by atoms with Crippen LogP contribution in [0.4, 0.5) is 0 Å². The lowest BCUT2D eigenvalue weighted by molar-refractivity contribution is -0.222. The molecule has 1 saturated heterocycles. The number of hydrogen-bond donors (Lipinski definition) is 1. The predicted octanol–water partition coefficient (Wildman–Crippen LogP) is 5.79. The summed E-state index contributed by atoms with van der Waals surface area (Å²) in [5.41, 5.74) is 3.87. The number of hydrogen-bond acceptors (Lipinski definition) is 8. The molecule has 6 atom stereocenters. The summed E-state index contributed by atoms with van der Waals surface area (Å²) in [5.74, 6) is -0.809. The fraction of sp³-hybridized carbons (Fsp3) is 0.350. The fourth-order valence-electron chi connectivity index (χ4n) is 5.89. The average molecular weight is 668 g/mol. The van der Waals surface area contributed by atoms with Gasteiger partial charge in [0.1, 0.15) is 18.3 Å². The Morgan fingerprint density at radius 1 is 0.714 bits per heavy atom. The van der Waals surface area contributed by atoms with Crippen LogP contribution in [0.3, 0.4) is 0 Å². The maximum atomic E-state index is 13.1. The molecule has 5 rings (SSSR count). The van der Waals surface area contributed by atoms with Crippen molar-refractivity contribution in [2.24, 2.45) is 0 Å². The van der Waals surface area contributed by atoms with Gasteiger partial charge in [0.25, 0.3) is 0 Å². The number of carbonyl (C=O) groups excluding carboxylic acids is 2. The van der Waals surface area contributed by atoms with Crippen LogP contribution in [0.15, 0.2) is 121 Å². The number of nitrogens with one attached hydrogen (secondary N) is 1. The highest BCUT2D eigenvalue weighted by Gasteiger charge is 2.49. The predicted molar refractivity (Wildman–Crippen MR) is 184 cm³/mol. The molecule has 9 nitrogen and oxygen atoms in total. The van der Waals surface area contributed by atoms with E-state index in [4.69, 9.17) is 28.4 Å². The summed E-state index contributed by atoms with van der Waals surface area (Å²) in [6.07, 6.45) is -3.79. The van der Waals surface area contributed by atoms with Crippen LogP contribution in [0.2, 0.25) is 0 Å². The van der Waals surface area contributed by atoms with E-state index in [1.54, 1.807) is 0 Å². The Kier molecular flexibility index (Phi) is 13.9. The van der Waals surface area contributed by atoms with Crippen molar-refractivity contribution in [2.75, 3.05) is 13.7 Å². The first-order chi connectivity index (χ1) is 24.0. The van der Waals surface area contributed by atoms with Crippen molar-refractivity contribution in [3.05, 3.63) is 144 Å². The monoisotopic (exact) mass is 667 g/mol. The molecule has 1 fully saturated rings. The van der Waals surface area contributed by atoms with Crippen LogP contribution in [0.1, 0.15) is 35.6 Å². The zero-order valence-corrected chi connectivity index (χ0v) is 28.0. The molecule has 4 aromatic carbocycles. The second-order valence-electron chi connectivity index (χ2n) is 12.0. The van der Waals surface area contributed by atoms with E-state index < -0.39 is 42.5 Å². The highest BCUT2D eigenvalue weighted by Crippen LogP contribution is 2.31. The van der Waals surface area contributed by atoms with Gasteiger partial charge in [-0.15, -0.1) is 0 Å². The van der Waals surface area contributed by atoms with Gasteiger partial charge in [0.05, 0.1) is 52.3 Å². The van der Waals surface area contributed by atoms with Crippen LogP contribution in [0, 0.1) is 0 Å². The first-order valence-electron chi connectivity index (χ1n) is 16.6. The quantitative estimate of drug-likeness (QED) is 0.141. The van der Waals surface area contributed by atoms with Gasteiger partial charge in [-0.05, 0) is 22.3 Å². The molecule has 1 heterocycles. The van der Waals surface area contributed by atoms with Gasteiger partial charge < -0.3 is 33.7 Å². The van der Waals surface area contributed by atoms with Gasteiger partial charge in [-0.25, -0.2) is 4.79 Å². The SMILES string of the molecule is COC(=O)[C@@H]1C[C@H](OCc2ccccc2)[C@@H](NC(C)=O)[C@H]([C@H](OCc2ccccc2)[C@@H](COCc2ccccc2)OCc2ccccc2)O1. The van der Waals surface area contributed by atoms with Crippen LogP contribution in [-0.4, -0.2) is 62.2 Å². The minimum atomic E-state index is -0.969. The molecular formula is C40H45NO8. The molecule has 9 heteroatoms. The molecule has 4 aromatic rings. The highest BCUT2D eigenvalue weighted by molar-refractivity contribution is 5.75. The molecule has 0 bridgehead atoms. The lowest BCUT2D eigenvalue weighted by Crippen LogP contribution is -2.64. The van der Waals surface area contributed by atoms with Gasteiger partial charge in [0.2, 0.25) is 5.91 Å². The topological polar surface area (TPSA) is 102 Å². The van der Waals surface area contributed by atoms with E-state index in [2.05, 4.69) is 5.32 Å². The Labute approximate surface area is 288 Å². The normalized spacial score (nSPS) is 20.2. The molecule has 0 aromatic heterocycles. The van der Waals surface area contributed by atoms with E-state index in [0.29, 0.717) is 6.61 Å². The van der Waals surface area contributed by atoms with E-state index in [0.717, 1.165) is 22.3 Å². The van der Waals surface area contributed by atoms with Gasteiger partial charge >= 0.3 is 5.97 Å². The molecule has 1 amide bonds. The number of amides is 1. The second-order valence-corrected chi connectivity index (χ2v) is 12.0. The molecule has 1 aliphatic rings. The van der Waals surface area contributed by atoms with Crippen molar-refractivity contribution in [1.82, 2.24) is 5.32 Å². The average Bonchev–Trinajstić information content (AvgIpc) is 3.14. The van der Waals surface area contributed by atoms with E-state index in [9.17, 15) is 9.59 Å². The van der Waals surface area contributed by atoms with Crippen molar-refractivity contribution < 1.29 is 38.0 Å². The Hall–Kier alpha value is -4.38. The summed E-state index contributed by atoms with van der Waals surface area (Å²) in [6.45, 7) is 2.71. The summed E-state index contributed by atoms with van der Waals surface area (Å²) in [5, 5.41) is 3.07. The van der Waals surface area contributed by atoms with Crippen molar-refractivity contribution in [3.8, 4) is 0 Å². The minimum absolute atomic E-state index is 0.145. The lowest BCUT2D eigenvalue weighted by Gasteiger charge is -2.45. The maximum Gasteiger partial charge on any atom is 0.335 e. The summed E-state index contributed by atoms with van der Waals surface area (Å²) in [4.78, 5) is 25.8. The Morgan fingerprint density at radius 2 is 1.20 bits per heavy atom. The molecule has 258 valence electrons. The molecular weight excluding hydrogens is 622 g/mol. The lowest BCUT2D eigenvalue weighted by atomic mass is 9.89. The Morgan fingerprint density at radius 3 is 1.71 bits per heavy atom. The van der Waals surface area contributed by atoms with E-state index in [1.165, 1.54) is 14.0 Å². The smallest absolute Gasteiger partial charge is 0.335 e. The van der Waals surface area contributed by atoms with Crippen LogP contribution < -0.4 is 5.32 Å². The summed E-state index contributed by atoms with van der Waals surface area (Å²) < 4.78 is 37.8. The molecule has 0 unspecified atom stereocenters. The van der Waals surface area contributed by atoms with Crippen molar-refractivity contribution in [2.45, 2.75) is 76.3 Å². The number of benzene rings is 4. The third-order valence-corrected chi connectivity index (χ3v) is 8.34. The van der Waals surface area contributed by atoms with Crippen LogP contribution in [-0.2, 0) is 64.4 Å². The van der Waals surface area contributed by atoms with Crippen molar-refractivity contribution in [1.29, 1.82) is 0 Å². The molecule has 0 radical (unpaired) electrons. The number of ether oxygens (including phenoxy) is 6. The van der Waals surface area contributed by atoms with E-state index >= 15 is 0 Å². The second kappa shape index (κ2) is 19.0. The maximum absolute atomic E-state index is 13.1. The molecule has 0 saturated carbocycles. The Balaban J connectivity index is 1.49. The van der Waals surface area contributed by atoms with E-state index in [-0.39, 0.29) is 38.8 Å². The van der Waals surface area contributed by atoms with Gasteiger partial charge in [0.15, 0.2) is 6.10 Å². The van der Waals surface area contributed by atoms with E-state index in [1.807, 2.05) is 121 Å². The van der Waals surface area contributed by atoms with Crippen LogP contribution >= 0.6 is 0 Å². The van der Waals surface area contributed by atoms with Crippen LogP contribution in [0.5, 0.6) is 0 Å². The zero-order chi connectivity index (χ0) is 34.3. The first kappa shape index (κ1) is 35.9. The zero-order valence-electron chi connectivity index (χ0n) is 28.0. The molecule has 1 aliphatic heterocycles. The molecule has 49 heavy (non-hydrogen) atoms. The third-order valence-electron chi connectivity index (χ3n) is 8.34. The number of methoxy groups -OCH3 is 1. The fourth-order valence-corrected chi connectivity index (χ4v) is 5.89. The molecule has 1 N–H and O–H groups in total. The Bertz CT molecular complexity index is 1540. The molecule has 0 aliphatic carbocycles.